The maximum atomic E-state index is 2.34. The van der Waals surface area contributed by atoms with E-state index in [0.717, 1.165) is 6.16 Å². The Bertz CT molecular complexity index is 656. The van der Waals surface area contributed by atoms with Crippen LogP contribution in [0.15, 0.2) is 91.0 Å². The standard InChI is InChI=1S/C21H22P.BrH/c1-2-22(20-14-8-4-9-15-20,21-16-10-5-11-17-21)18-19-12-6-3-7-13-19;/h3-17H,2,18H2,1H3;1H/q+1;/p-1. The van der Waals surface area contributed by atoms with Crippen LogP contribution in [-0.4, -0.2) is 6.16 Å². The number of rotatable bonds is 5. The average molecular weight is 385 g/mol. The molecule has 0 spiro atoms. The summed E-state index contributed by atoms with van der Waals surface area (Å²) in [7, 11) is -1.40. The Balaban J connectivity index is 0.00000192. The van der Waals surface area contributed by atoms with Crippen molar-refractivity contribution < 1.29 is 17.0 Å². The lowest BCUT2D eigenvalue weighted by molar-refractivity contribution is -0.00000440. The fourth-order valence-electron chi connectivity index (χ4n) is 3.13. The van der Waals surface area contributed by atoms with Gasteiger partial charge in [-0.05, 0) is 36.8 Å². The summed E-state index contributed by atoms with van der Waals surface area (Å²) in [6.45, 7) is 2.34. The van der Waals surface area contributed by atoms with Crippen molar-refractivity contribution >= 4 is 17.9 Å². The van der Waals surface area contributed by atoms with E-state index in [4.69, 9.17) is 0 Å². The van der Waals surface area contributed by atoms with E-state index < -0.39 is 7.26 Å². The van der Waals surface area contributed by atoms with Crippen LogP contribution < -0.4 is 27.6 Å². The summed E-state index contributed by atoms with van der Waals surface area (Å²) in [5.74, 6) is 0. The van der Waals surface area contributed by atoms with E-state index in [1.54, 1.807) is 0 Å². The lowest BCUT2D eigenvalue weighted by atomic mass is 10.2. The fraction of sp³-hybridized carbons (Fsp3) is 0.143. The number of benzene rings is 3. The van der Waals surface area contributed by atoms with Gasteiger partial charge in [-0.15, -0.1) is 0 Å². The quantitative estimate of drug-likeness (QED) is 0.589. The van der Waals surface area contributed by atoms with Gasteiger partial charge in [0.2, 0.25) is 0 Å². The molecule has 0 bridgehead atoms. The summed E-state index contributed by atoms with van der Waals surface area (Å²) in [6.07, 6.45) is 2.33. The SMILES string of the molecule is CC[P+](Cc1ccccc1)(c1ccccc1)c1ccccc1.[Br-]. The Hall–Kier alpha value is -1.43. The second kappa shape index (κ2) is 8.43. The molecular weight excluding hydrogens is 363 g/mol. The van der Waals surface area contributed by atoms with Crippen LogP contribution in [0.3, 0.4) is 0 Å². The molecule has 0 radical (unpaired) electrons. The van der Waals surface area contributed by atoms with Crippen LogP contribution >= 0.6 is 7.26 Å². The molecule has 3 aromatic rings. The van der Waals surface area contributed by atoms with E-state index in [9.17, 15) is 0 Å². The smallest absolute Gasteiger partial charge is 0.0995 e. The maximum absolute atomic E-state index is 2.34. The Morgan fingerprint density at radius 3 is 1.39 bits per heavy atom. The molecule has 23 heavy (non-hydrogen) atoms. The van der Waals surface area contributed by atoms with Gasteiger partial charge in [0.15, 0.2) is 0 Å². The molecule has 0 heterocycles. The zero-order valence-corrected chi connectivity index (χ0v) is 15.9. The van der Waals surface area contributed by atoms with Crippen molar-refractivity contribution in [2.45, 2.75) is 13.1 Å². The zero-order chi connectivity index (χ0) is 15.3. The number of hydrogen-bond acceptors (Lipinski definition) is 0. The molecule has 0 unspecified atom stereocenters. The minimum atomic E-state index is -1.40. The van der Waals surface area contributed by atoms with Crippen molar-refractivity contribution in [3.8, 4) is 0 Å². The van der Waals surface area contributed by atoms with E-state index in [-0.39, 0.29) is 17.0 Å². The lowest BCUT2D eigenvalue weighted by Crippen LogP contribution is -3.00. The van der Waals surface area contributed by atoms with Gasteiger partial charge in [0, 0.05) is 0 Å². The normalized spacial score (nSPS) is 10.8. The molecular formula is C21H22BrP. The van der Waals surface area contributed by atoms with Crippen LogP contribution in [0.25, 0.3) is 0 Å². The Morgan fingerprint density at radius 2 is 1.00 bits per heavy atom. The van der Waals surface area contributed by atoms with Gasteiger partial charge in [-0.1, -0.05) is 66.7 Å². The van der Waals surface area contributed by atoms with Crippen molar-refractivity contribution in [2.24, 2.45) is 0 Å². The third kappa shape index (κ3) is 3.91. The van der Waals surface area contributed by atoms with Crippen LogP contribution in [0, 0.1) is 0 Å². The molecule has 0 aliphatic carbocycles. The summed E-state index contributed by atoms with van der Waals surface area (Å²) in [4.78, 5) is 0. The summed E-state index contributed by atoms with van der Waals surface area (Å²) < 4.78 is 0. The Labute approximate surface area is 150 Å². The Kier molecular flexibility index (Phi) is 6.57. The highest BCUT2D eigenvalue weighted by Crippen LogP contribution is 2.58. The molecule has 3 rings (SSSR count). The Morgan fingerprint density at radius 1 is 0.609 bits per heavy atom. The minimum absolute atomic E-state index is 0. The van der Waals surface area contributed by atoms with Gasteiger partial charge < -0.3 is 17.0 Å². The monoisotopic (exact) mass is 384 g/mol. The fourth-order valence-corrected chi connectivity index (χ4v) is 7.07. The molecule has 0 aliphatic heterocycles. The van der Waals surface area contributed by atoms with Crippen LogP contribution in [0.1, 0.15) is 12.5 Å². The number of halogens is 1. The summed E-state index contributed by atoms with van der Waals surface area (Å²) in [5, 5.41) is 3.01. The predicted octanol–water partition coefficient (Wildman–Crippen LogP) is 1.88. The predicted molar refractivity (Wildman–Crippen MR) is 99.8 cm³/mol. The largest absolute Gasteiger partial charge is 1.00 e. The molecule has 0 atom stereocenters. The van der Waals surface area contributed by atoms with Gasteiger partial charge in [-0.3, -0.25) is 0 Å². The second-order valence-electron chi connectivity index (χ2n) is 5.60. The minimum Gasteiger partial charge on any atom is -1.00 e. The topological polar surface area (TPSA) is 0 Å². The highest BCUT2D eigenvalue weighted by molar-refractivity contribution is 7.88. The first-order chi connectivity index (χ1) is 10.8. The molecule has 2 heteroatoms. The first-order valence-electron chi connectivity index (χ1n) is 7.87. The molecule has 118 valence electrons. The zero-order valence-electron chi connectivity index (χ0n) is 13.4. The van der Waals surface area contributed by atoms with Crippen molar-refractivity contribution in [3.05, 3.63) is 96.6 Å². The van der Waals surface area contributed by atoms with E-state index in [0.29, 0.717) is 0 Å². The van der Waals surface area contributed by atoms with E-state index in [1.807, 2.05) is 0 Å². The van der Waals surface area contributed by atoms with Crippen LogP contribution in [-0.2, 0) is 6.16 Å². The molecule has 0 saturated carbocycles. The van der Waals surface area contributed by atoms with E-state index in [1.165, 1.54) is 22.3 Å². The average Bonchev–Trinajstić information content (AvgIpc) is 2.62. The molecule has 3 aromatic carbocycles. The molecule has 0 nitrogen and oxygen atoms in total. The summed E-state index contributed by atoms with van der Waals surface area (Å²) in [6, 6.07) is 33.1. The van der Waals surface area contributed by atoms with E-state index in [2.05, 4.69) is 97.9 Å². The van der Waals surface area contributed by atoms with Crippen LogP contribution in [0.2, 0.25) is 0 Å². The highest BCUT2D eigenvalue weighted by atomic mass is 79.9. The number of hydrogen-bond donors (Lipinski definition) is 0. The first kappa shape index (κ1) is 17.9. The third-order valence-electron chi connectivity index (χ3n) is 4.34. The highest BCUT2D eigenvalue weighted by Gasteiger charge is 2.40. The molecule has 0 aromatic heterocycles. The first-order valence-corrected chi connectivity index (χ1v) is 10.0. The van der Waals surface area contributed by atoms with Crippen molar-refractivity contribution in [3.63, 3.8) is 0 Å². The molecule has 0 aliphatic rings. The lowest BCUT2D eigenvalue weighted by Gasteiger charge is -2.26. The van der Waals surface area contributed by atoms with E-state index >= 15 is 0 Å². The molecule has 0 fully saturated rings. The van der Waals surface area contributed by atoms with Gasteiger partial charge in [-0.25, -0.2) is 0 Å². The third-order valence-corrected chi connectivity index (χ3v) is 8.89. The van der Waals surface area contributed by atoms with Gasteiger partial charge >= 0.3 is 0 Å². The van der Waals surface area contributed by atoms with Gasteiger partial charge in [0.05, 0.1) is 30.2 Å². The van der Waals surface area contributed by atoms with Gasteiger partial charge in [-0.2, -0.15) is 0 Å². The molecule has 0 saturated heterocycles. The van der Waals surface area contributed by atoms with Crippen molar-refractivity contribution in [1.29, 1.82) is 0 Å². The van der Waals surface area contributed by atoms with Gasteiger partial charge in [0.1, 0.15) is 0 Å². The molecule has 0 N–H and O–H groups in total. The summed E-state index contributed by atoms with van der Waals surface area (Å²) >= 11 is 0. The van der Waals surface area contributed by atoms with Crippen molar-refractivity contribution in [2.75, 3.05) is 6.16 Å². The van der Waals surface area contributed by atoms with Crippen LogP contribution in [0.4, 0.5) is 0 Å². The second-order valence-corrected chi connectivity index (χ2v) is 9.52. The van der Waals surface area contributed by atoms with Gasteiger partial charge in [0.25, 0.3) is 0 Å². The van der Waals surface area contributed by atoms with Crippen molar-refractivity contribution in [1.82, 2.24) is 0 Å². The maximum Gasteiger partial charge on any atom is 0.0995 e. The van der Waals surface area contributed by atoms with Crippen LogP contribution in [0.5, 0.6) is 0 Å². The summed E-state index contributed by atoms with van der Waals surface area (Å²) in [5.41, 5.74) is 1.44. The molecule has 0 amide bonds.